The van der Waals surface area contributed by atoms with E-state index in [1.165, 1.54) is 0 Å². The number of hydrogen-bond donors (Lipinski definition) is 1. The van der Waals surface area contributed by atoms with Crippen molar-refractivity contribution in [1.82, 2.24) is 5.32 Å². The zero-order chi connectivity index (χ0) is 14.5. The van der Waals surface area contributed by atoms with Crippen molar-refractivity contribution in [3.8, 4) is 11.3 Å². The summed E-state index contributed by atoms with van der Waals surface area (Å²) >= 11 is 0. The predicted octanol–water partition coefficient (Wildman–Crippen LogP) is 3.21. The maximum Gasteiger partial charge on any atom is 0.251 e. The number of aldehydes is 1. The number of furan rings is 1. The third kappa shape index (κ3) is 2.96. The summed E-state index contributed by atoms with van der Waals surface area (Å²) in [5.74, 6) is 0.851. The first-order chi connectivity index (χ1) is 9.65. The molecular formula is C16H17NO3. The zero-order valence-electron chi connectivity index (χ0n) is 11.6. The second-order valence-corrected chi connectivity index (χ2v) is 4.61. The van der Waals surface area contributed by atoms with Gasteiger partial charge in [-0.15, -0.1) is 0 Å². The lowest BCUT2D eigenvalue weighted by Crippen LogP contribution is -2.23. The largest absolute Gasteiger partial charge is 0.453 e. The standard InChI is InChI=1S/C16H17NO3/c1-3-8-17-16(19)12-4-6-14(11(2)9-12)15-7-5-13(10-18)20-15/h4-7,9-10H,3,8H2,1-2H3,(H,17,19). The summed E-state index contributed by atoms with van der Waals surface area (Å²) < 4.78 is 5.40. The molecule has 0 aliphatic carbocycles. The Bertz CT molecular complexity index is 628. The molecule has 2 rings (SSSR count). The van der Waals surface area contributed by atoms with Gasteiger partial charge in [-0.2, -0.15) is 0 Å². The Kier molecular flexibility index (Phi) is 4.35. The maximum atomic E-state index is 11.9. The molecule has 104 valence electrons. The molecule has 0 radical (unpaired) electrons. The van der Waals surface area contributed by atoms with Crippen LogP contribution in [0.25, 0.3) is 11.3 Å². The van der Waals surface area contributed by atoms with Crippen molar-refractivity contribution in [1.29, 1.82) is 0 Å². The molecule has 0 aliphatic heterocycles. The second-order valence-electron chi connectivity index (χ2n) is 4.61. The molecule has 4 heteroatoms. The van der Waals surface area contributed by atoms with Crippen LogP contribution in [0.5, 0.6) is 0 Å². The fraction of sp³-hybridized carbons (Fsp3) is 0.250. The van der Waals surface area contributed by atoms with Crippen molar-refractivity contribution in [3.05, 3.63) is 47.2 Å². The molecule has 0 fully saturated rings. The number of nitrogens with one attached hydrogen (secondary N) is 1. The van der Waals surface area contributed by atoms with Gasteiger partial charge in [0, 0.05) is 17.7 Å². The summed E-state index contributed by atoms with van der Waals surface area (Å²) in [6.45, 7) is 4.59. The van der Waals surface area contributed by atoms with Gasteiger partial charge >= 0.3 is 0 Å². The van der Waals surface area contributed by atoms with Gasteiger partial charge in [-0.25, -0.2) is 0 Å². The highest BCUT2D eigenvalue weighted by molar-refractivity contribution is 5.95. The van der Waals surface area contributed by atoms with E-state index in [1.807, 2.05) is 26.0 Å². The van der Waals surface area contributed by atoms with Gasteiger partial charge in [-0.3, -0.25) is 9.59 Å². The van der Waals surface area contributed by atoms with Gasteiger partial charge in [0.2, 0.25) is 0 Å². The van der Waals surface area contributed by atoms with E-state index in [4.69, 9.17) is 4.42 Å². The number of hydrogen-bond acceptors (Lipinski definition) is 3. The SMILES string of the molecule is CCCNC(=O)c1ccc(-c2ccc(C=O)o2)c(C)c1. The molecule has 4 nitrogen and oxygen atoms in total. The summed E-state index contributed by atoms with van der Waals surface area (Å²) in [5, 5.41) is 2.84. The molecule has 1 aromatic carbocycles. The lowest BCUT2D eigenvalue weighted by molar-refractivity contribution is 0.0953. The van der Waals surface area contributed by atoms with Crippen LogP contribution in [-0.4, -0.2) is 18.7 Å². The van der Waals surface area contributed by atoms with Gasteiger partial charge in [0.25, 0.3) is 5.91 Å². The number of benzene rings is 1. The van der Waals surface area contributed by atoms with Crippen LogP contribution in [0.4, 0.5) is 0 Å². The molecule has 0 atom stereocenters. The van der Waals surface area contributed by atoms with Gasteiger partial charge in [0.05, 0.1) is 0 Å². The van der Waals surface area contributed by atoms with Crippen molar-refractivity contribution in [2.75, 3.05) is 6.54 Å². The fourth-order valence-electron chi connectivity index (χ4n) is 1.98. The minimum Gasteiger partial charge on any atom is -0.453 e. The molecule has 0 saturated carbocycles. The molecule has 0 saturated heterocycles. The summed E-state index contributed by atoms with van der Waals surface area (Å²) in [5.41, 5.74) is 2.44. The van der Waals surface area contributed by atoms with Crippen molar-refractivity contribution >= 4 is 12.2 Å². The first kappa shape index (κ1) is 14.1. The number of rotatable bonds is 5. The third-order valence-corrected chi connectivity index (χ3v) is 3.03. The molecule has 0 aliphatic rings. The van der Waals surface area contributed by atoms with Crippen LogP contribution < -0.4 is 5.32 Å². The second kappa shape index (κ2) is 6.19. The van der Waals surface area contributed by atoms with Gasteiger partial charge < -0.3 is 9.73 Å². The van der Waals surface area contributed by atoms with E-state index in [0.29, 0.717) is 29.9 Å². The molecule has 1 N–H and O–H groups in total. The molecule has 1 heterocycles. The van der Waals surface area contributed by atoms with E-state index in [2.05, 4.69) is 5.32 Å². The van der Waals surface area contributed by atoms with Crippen molar-refractivity contribution in [2.24, 2.45) is 0 Å². The van der Waals surface area contributed by atoms with Crippen LogP contribution in [-0.2, 0) is 0 Å². The summed E-state index contributed by atoms with van der Waals surface area (Å²) in [6, 6.07) is 8.80. The first-order valence-electron chi connectivity index (χ1n) is 6.60. The van der Waals surface area contributed by atoms with E-state index in [9.17, 15) is 9.59 Å². The van der Waals surface area contributed by atoms with E-state index in [0.717, 1.165) is 17.5 Å². The van der Waals surface area contributed by atoms with Gasteiger partial charge in [-0.1, -0.05) is 13.0 Å². The van der Waals surface area contributed by atoms with E-state index in [-0.39, 0.29) is 5.91 Å². The van der Waals surface area contributed by atoms with Crippen molar-refractivity contribution in [2.45, 2.75) is 20.3 Å². The van der Waals surface area contributed by atoms with E-state index < -0.39 is 0 Å². The lowest BCUT2D eigenvalue weighted by atomic mass is 10.0. The summed E-state index contributed by atoms with van der Waals surface area (Å²) in [7, 11) is 0. The third-order valence-electron chi connectivity index (χ3n) is 3.03. The summed E-state index contributed by atoms with van der Waals surface area (Å²) in [4.78, 5) is 22.5. The quantitative estimate of drug-likeness (QED) is 0.849. The van der Waals surface area contributed by atoms with Gasteiger partial charge in [-0.05, 0) is 43.2 Å². The number of amides is 1. The molecule has 1 aromatic heterocycles. The summed E-state index contributed by atoms with van der Waals surface area (Å²) in [6.07, 6.45) is 1.58. The average molecular weight is 271 g/mol. The van der Waals surface area contributed by atoms with Crippen LogP contribution in [0.15, 0.2) is 34.7 Å². The first-order valence-corrected chi connectivity index (χ1v) is 6.60. The molecular weight excluding hydrogens is 254 g/mol. The van der Waals surface area contributed by atoms with Crippen LogP contribution >= 0.6 is 0 Å². The Morgan fingerprint density at radius 3 is 2.70 bits per heavy atom. The highest BCUT2D eigenvalue weighted by atomic mass is 16.3. The Labute approximate surface area is 117 Å². The van der Waals surface area contributed by atoms with Crippen LogP contribution in [0.3, 0.4) is 0 Å². The van der Waals surface area contributed by atoms with Crippen LogP contribution in [0.1, 0.15) is 39.8 Å². The predicted molar refractivity (Wildman–Crippen MR) is 76.9 cm³/mol. The Morgan fingerprint density at radius 1 is 1.30 bits per heavy atom. The minimum atomic E-state index is -0.0745. The Hall–Kier alpha value is -2.36. The van der Waals surface area contributed by atoms with E-state index >= 15 is 0 Å². The topological polar surface area (TPSA) is 59.3 Å². The molecule has 0 bridgehead atoms. The van der Waals surface area contributed by atoms with Gasteiger partial charge in [0.15, 0.2) is 12.0 Å². The van der Waals surface area contributed by atoms with E-state index in [1.54, 1.807) is 18.2 Å². The van der Waals surface area contributed by atoms with Crippen molar-refractivity contribution < 1.29 is 14.0 Å². The highest BCUT2D eigenvalue weighted by Gasteiger charge is 2.10. The van der Waals surface area contributed by atoms with Crippen LogP contribution in [0, 0.1) is 6.92 Å². The molecule has 1 amide bonds. The lowest BCUT2D eigenvalue weighted by Gasteiger charge is -2.07. The Balaban J connectivity index is 2.25. The molecule has 20 heavy (non-hydrogen) atoms. The minimum absolute atomic E-state index is 0.0745. The number of carbonyl (C=O) groups excluding carboxylic acids is 2. The maximum absolute atomic E-state index is 11.9. The Morgan fingerprint density at radius 2 is 2.10 bits per heavy atom. The molecule has 0 spiro atoms. The average Bonchev–Trinajstić information content (AvgIpc) is 2.93. The van der Waals surface area contributed by atoms with Crippen molar-refractivity contribution in [3.63, 3.8) is 0 Å². The van der Waals surface area contributed by atoms with Gasteiger partial charge in [0.1, 0.15) is 5.76 Å². The smallest absolute Gasteiger partial charge is 0.251 e. The molecule has 0 unspecified atom stereocenters. The number of aryl methyl sites for hydroxylation is 1. The molecule has 2 aromatic rings. The number of carbonyl (C=O) groups is 2. The normalized spacial score (nSPS) is 10.3. The fourth-order valence-corrected chi connectivity index (χ4v) is 1.98. The monoisotopic (exact) mass is 271 g/mol. The highest BCUT2D eigenvalue weighted by Crippen LogP contribution is 2.25. The van der Waals surface area contributed by atoms with Crippen LogP contribution in [0.2, 0.25) is 0 Å². The zero-order valence-corrected chi connectivity index (χ0v) is 11.6.